The van der Waals surface area contributed by atoms with Gasteiger partial charge in [-0.2, -0.15) is 5.26 Å². The zero-order chi connectivity index (χ0) is 14.1. The molecule has 106 valence electrons. The van der Waals surface area contributed by atoms with Crippen LogP contribution in [0, 0.1) is 11.3 Å². The quantitative estimate of drug-likeness (QED) is 0.789. The number of halogens is 1. The lowest BCUT2D eigenvalue weighted by molar-refractivity contribution is 0.115. The minimum Gasteiger partial charge on any atom is -0.366 e. The average molecular weight is 334 g/mol. The molecule has 1 aromatic carbocycles. The molecule has 3 nitrogen and oxygen atoms in total. The van der Waals surface area contributed by atoms with E-state index >= 15 is 0 Å². The zero-order valence-electron chi connectivity index (χ0n) is 11.8. The summed E-state index contributed by atoms with van der Waals surface area (Å²) < 4.78 is 0.899. The molecule has 0 aliphatic carbocycles. The van der Waals surface area contributed by atoms with Crippen molar-refractivity contribution in [3.05, 3.63) is 28.2 Å². The standard InChI is InChI=1S/C16H20BrN3/c1-12-10-19-7-3-2-4-15(19)11-20(12)14-6-5-13(9-18)16(17)8-14/h5-6,8,12,15H,2-4,7,10-11H2,1H3. The summed E-state index contributed by atoms with van der Waals surface area (Å²) in [6.07, 6.45) is 4.03. The highest BCUT2D eigenvalue weighted by Crippen LogP contribution is 2.30. The van der Waals surface area contributed by atoms with E-state index in [1.807, 2.05) is 6.07 Å². The van der Waals surface area contributed by atoms with Crippen LogP contribution in [-0.4, -0.2) is 36.6 Å². The van der Waals surface area contributed by atoms with Crippen LogP contribution < -0.4 is 4.90 Å². The largest absolute Gasteiger partial charge is 0.366 e. The lowest BCUT2D eigenvalue weighted by Crippen LogP contribution is -2.58. The van der Waals surface area contributed by atoms with Gasteiger partial charge in [0.25, 0.3) is 0 Å². The van der Waals surface area contributed by atoms with Gasteiger partial charge in [-0.3, -0.25) is 4.90 Å². The van der Waals surface area contributed by atoms with Crippen LogP contribution in [0.3, 0.4) is 0 Å². The highest BCUT2D eigenvalue weighted by Gasteiger charge is 2.33. The predicted octanol–water partition coefficient (Wildman–Crippen LogP) is 3.38. The Bertz CT molecular complexity index is 537. The molecular formula is C16H20BrN3. The third kappa shape index (κ3) is 2.57. The van der Waals surface area contributed by atoms with Crippen LogP contribution in [0.2, 0.25) is 0 Å². The number of hydrogen-bond donors (Lipinski definition) is 0. The maximum absolute atomic E-state index is 9.03. The van der Waals surface area contributed by atoms with Gasteiger partial charge in [0.05, 0.1) is 5.56 Å². The van der Waals surface area contributed by atoms with Crippen molar-refractivity contribution in [2.45, 2.75) is 38.3 Å². The molecule has 2 saturated heterocycles. The summed E-state index contributed by atoms with van der Waals surface area (Å²) in [5, 5.41) is 9.03. The first kappa shape index (κ1) is 13.9. The van der Waals surface area contributed by atoms with E-state index in [0.717, 1.165) is 17.6 Å². The van der Waals surface area contributed by atoms with Gasteiger partial charge in [0.1, 0.15) is 6.07 Å². The Kier molecular flexibility index (Phi) is 4.00. The van der Waals surface area contributed by atoms with Gasteiger partial charge in [-0.25, -0.2) is 0 Å². The third-order valence-corrected chi connectivity index (χ3v) is 5.25. The van der Waals surface area contributed by atoms with Crippen LogP contribution >= 0.6 is 15.9 Å². The van der Waals surface area contributed by atoms with Crippen molar-refractivity contribution in [2.24, 2.45) is 0 Å². The molecule has 2 aliphatic heterocycles. The Morgan fingerprint density at radius 3 is 2.90 bits per heavy atom. The van der Waals surface area contributed by atoms with Crippen LogP contribution in [0.15, 0.2) is 22.7 Å². The lowest BCUT2D eigenvalue weighted by atomic mass is 9.96. The van der Waals surface area contributed by atoms with Crippen molar-refractivity contribution in [2.75, 3.05) is 24.5 Å². The maximum atomic E-state index is 9.03. The Morgan fingerprint density at radius 1 is 1.30 bits per heavy atom. The van der Waals surface area contributed by atoms with E-state index in [-0.39, 0.29) is 0 Å². The van der Waals surface area contributed by atoms with Gasteiger partial charge in [-0.15, -0.1) is 0 Å². The molecule has 2 unspecified atom stereocenters. The van der Waals surface area contributed by atoms with E-state index in [2.05, 4.69) is 50.9 Å². The summed E-state index contributed by atoms with van der Waals surface area (Å²) in [6, 6.07) is 9.53. The minimum absolute atomic E-state index is 0.532. The van der Waals surface area contributed by atoms with E-state index in [4.69, 9.17) is 5.26 Å². The molecule has 0 spiro atoms. The number of piperazine rings is 1. The number of piperidine rings is 1. The molecule has 2 aliphatic rings. The molecule has 2 heterocycles. The van der Waals surface area contributed by atoms with Gasteiger partial charge in [0.15, 0.2) is 0 Å². The number of fused-ring (bicyclic) bond motifs is 1. The Balaban J connectivity index is 1.82. The normalized spacial score (nSPS) is 26.9. The fourth-order valence-corrected chi connectivity index (χ4v) is 3.94. The fourth-order valence-electron chi connectivity index (χ4n) is 3.49. The Hall–Kier alpha value is -1.05. The van der Waals surface area contributed by atoms with Crippen molar-refractivity contribution >= 4 is 21.6 Å². The molecule has 2 atom stereocenters. The molecule has 0 amide bonds. The van der Waals surface area contributed by atoms with Gasteiger partial charge in [0.2, 0.25) is 0 Å². The highest BCUT2D eigenvalue weighted by molar-refractivity contribution is 9.10. The summed E-state index contributed by atoms with van der Waals surface area (Å²) in [5.74, 6) is 0. The zero-order valence-corrected chi connectivity index (χ0v) is 13.4. The maximum Gasteiger partial charge on any atom is 0.100 e. The van der Waals surface area contributed by atoms with Crippen molar-refractivity contribution in [3.63, 3.8) is 0 Å². The second-order valence-electron chi connectivity index (χ2n) is 5.92. The lowest BCUT2D eigenvalue weighted by Gasteiger charge is -2.48. The van der Waals surface area contributed by atoms with E-state index in [1.54, 1.807) is 0 Å². The minimum atomic E-state index is 0.532. The topological polar surface area (TPSA) is 30.3 Å². The van der Waals surface area contributed by atoms with E-state index in [9.17, 15) is 0 Å². The number of benzene rings is 1. The molecule has 3 rings (SSSR count). The number of anilines is 1. The SMILES string of the molecule is CC1CN2CCCCC2CN1c1ccc(C#N)c(Br)c1. The van der Waals surface area contributed by atoms with Gasteiger partial charge >= 0.3 is 0 Å². The molecule has 0 radical (unpaired) electrons. The third-order valence-electron chi connectivity index (χ3n) is 4.59. The van der Waals surface area contributed by atoms with Gasteiger partial charge in [-0.1, -0.05) is 6.42 Å². The predicted molar refractivity (Wildman–Crippen MR) is 84.9 cm³/mol. The fraction of sp³-hybridized carbons (Fsp3) is 0.562. The highest BCUT2D eigenvalue weighted by atomic mass is 79.9. The monoisotopic (exact) mass is 333 g/mol. The smallest absolute Gasteiger partial charge is 0.100 e. The van der Waals surface area contributed by atoms with Crippen molar-refractivity contribution in [3.8, 4) is 6.07 Å². The van der Waals surface area contributed by atoms with Gasteiger partial charge < -0.3 is 4.90 Å². The van der Waals surface area contributed by atoms with Crippen molar-refractivity contribution in [1.82, 2.24) is 4.90 Å². The molecule has 0 saturated carbocycles. The second kappa shape index (κ2) is 5.75. The first-order chi connectivity index (χ1) is 9.69. The number of rotatable bonds is 1. The molecule has 1 aromatic rings. The van der Waals surface area contributed by atoms with E-state index in [0.29, 0.717) is 17.6 Å². The van der Waals surface area contributed by atoms with Crippen LogP contribution in [-0.2, 0) is 0 Å². The summed E-state index contributed by atoms with van der Waals surface area (Å²) in [5.41, 5.74) is 1.94. The average Bonchev–Trinajstić information content (AvgIpc) is 2.46. The molecule has 2 fully saturated rings. The van der Waals surface area contributed by atoms with Gasteiger partial charge in [-0.05, 0) is 60.4 Å². The van der Waals surface area contributed by atoms with Gasteiger partial charge in [0, 0.05) is 35.3 Å². The number of nitriles is 1. The van der Waals surface area contributed by atoms with Crippen LogP contribution in [0.25, 0.3) is 0 Å². The second-order valence-corrected chi connectivity index (χ2v) is 6.78. The van der Waals surface area contributed by atoms with Crippen molar-refractivity contribution < 1.29 is 0 Å². The van der Waals surface area contributed by atoms with E-state index < -0.39 is 0 Å². The van der Waals surface area contributed by atoms with Crippen LogP contribution in [0.5, 0.6) is 0 Å². The molecule has 0 N–H and O–H groups in total. The summed E-state index contributed by atoms with van der Waals surface area (Å²) in [6.45, 7) is 5.83. The molecule has 0 aromatic heterocycles. The number of nitrogens with zero attached hydrogens (tertiary/aromatic N) is 3. The Labute approximate surface area is 129 Å². The van der Waals surface area contributed by atoms with Crippen molar-refractivity contribution in [1.29, 1.82) is 5.26 Å². The van der Waals surface area contributed by atoms with Crippen LogP contribution in [0.4, 0.5) is 5.69 Å². The summed E-state index contributed by atoms with van der Waals surface area (Å²) in [7, 11) is 0. The molecule has 4 heteroatoms. The summed E-state index contributed by atoms with van der Waals surface area (Å²) in [4.78, 5) is 5.15. The van der Waals surface area contributed by atoms with E-state index in [1.165, 1.54) is 31.5 Å². The summed E-state index contributed by atoms with van der Waals surface area (Å²) >= 11 is 3.50. The first-order valence-corrected chi connectivity index (χ1v) is 8.18. The first-order valence-electron chi connectivity index (χ1n) is 7.39. The molecular weight excluding hydrogens is 314 g/mol. The Morgan fingerprint density at radius 2 is 2.15 bits per heavy atom. The molecule has 20 heavy (non-hydrogen) atoms. The number of hydrogen-bond acceptors (Lipinski definition) is 3. The van der Waals surface area contributed by atoms with Crippen LogP contribution in [0.1, 0.15) is 31.7 Å². The molecule has 0 bridgehead atoms.